The number of carbonyl (C=O) groups excluding carboxylic acids is 2. The van der Waals surface area contributed by atoms with Gasteiger partial charge in [0.05, 0.1) is 0 Å². The topological polar surface area (TPSA) is 49.4 Å². The molecule has 0 aromatic carbocycles. The molecule has 1 saturated heterocycles. The second-order valence-electron chi connectivity index (χ2n) is 6.62. The van der Waals surface area contributed by atoms with Crippen molar-refractivity contribution in [2.24, 2.45) is 11.8 Å². The van der Waals surface area contributed by atoms with Crippen LogP contribution in [0.15, 0.2) is 0 Å². The summed E-state index contributed by atoms with van der Waals surface area (Å²) < 4.78 is 0. The van der Waals surface area contributed by atoms with Gasteiger partial charge in [-0.3, -0.25) is 9.59 Å². The molecule has 0 aromatic heterocycles. The standard InChI is InChI=1S/C15H26N2O2/c1-5-10(2)12-13(18)17(9-8-11-6-7-11)15(3,4)14(19)16-12/h10-12H,5-9H2,1-4H3,(H,16,19). The number of hydrogen-bond donors (Lipinski definition) is 1. The van der Waals surface area contributed by atoms with Gasteiger partial charge in [-0.05, 0) is 32.1 Å². The predicted molar refractivity (Wildman–Crippen MR) is 74.5 cm³/mol. The van der Waals surface area contributed by atoms with Crippen LogP contribution >= 0.6 is 0 Å². The minimum absolute atomic E-state index is 0.0202. The zero-order valence-corrected chi connectivity index (χ0v) is 12.5. The summed E-state index contributed by atoms with van der Waals surface area (Å²) in [4.78, 5) is 26.7. The average molecular weight is 266 g/mol. The van der Waals surface area contributed by atoms with E-state index in [4.69, 9.17) is 0 Å². The average Bonchev–Trinajstić information content (AvgIpc) is 3.16. The van der Waals surface area contributed by atoms with E-state index in [9.17, 15) is 9.59 Å². The molecule has 4 heteroatoms. The van der Waals surface area contributed by atoms with E-state index in [2.05, 4.69) is 12.2 Å². The van der Waals surface area contributed by atoms with Gasteiger partial charge in [-0.15, -0.1) is 0 Å². The molecule has 1 N–H and O–H groups in total. The highest BCUT2D eigenvalue weighted by molar-refractivity contribution is 5.99. The molecule has 2 aliphatic rings. The van der Waals surface area contributed by atoms with Gasteiger partial charge in [0.2, 0.25) is 11.8 Å². The molecule has 2 fully saturated rings. The molecular weight excluding hydrogens is 240 g/mol. The second-order valence-corrected chi connectivity index (χ2v) is 6.62. The Bertz CT molecular complexity index is 374. The number of carbonyl (C=O) groups is 2. The molecule has 19 heavy (non-hydrogen) atoms. The summed E-state index contributed by atoms with van der Waals surface area (Å²) in [5, 5.41) is 2.91. The lowest BCUT2D eigenvalue weighted by Gasteiger charge is -2.45. The van der Waals surface area contributed by atoms with Crippen molar-refractivity contribution in [1.82, 2.24) is 10.2 Å². The normalized spacial score (nSPS) is 28.2. The molecule has 0 bridgehead atoms. The first-order valence-corrected chi connectivity index (χ1v) is 7.50. The summed E-state index contributed by atoms with van der Waals surface area (Å²) >= 11 is 0. The maximum atomic E-state index is 12.6. The van der Waals surface area contributed by atoms with Gasteiger partial charge < -0.3 is 10.2 Å². The van der Waals surface area contributed by atoms with E-state index in [0.29, 0.717) is 0 Å². The fraction of sp³-hybridized carbons (Fsp3) is 0.867. The lowest BCUT2D eigenvalue weighted by Crippen LogP contribution is -2.69. The van der Waals surface area contributed by atoms with E-state index in [1.807, 2.05) is 20.8 Å². The molecule has 2 rings (SSSR count). The minimum atomic E-state index is -0.712. The van der Waals surface area contributed by atoms with Gasteiger partial charge in [0, 0.05) is 6.54 Å². The lowest BCUT2D eigenvalue weighted by atomic mass is 9.89. The molecule has 1 saturated carbocycles. The number of hydrogen-bond acceptors (Lipinski definition) is 2. The van der Waals surface area contributed by atoms with Crippen LogP contribution in [0.1, 0.15) is 53.4 Å². The molecule has 4 nitrogen and oxygen atoms in total. The molecule has 2 unspecified atom stereocenters. The summed E-state index contributed by atoms with van der Waals surface area (Å²) in [7, 11) is 0. The largest absolute Gasteiger partial charge is 0.342 e. The highest BCUT2D eigenvalue weighted by Gasteiger charge is 2.47. The highest BCUT2D eigenvalue weighted by atomic mass is 16.2. The fourth-order valence-electron chi connectivity index (χ4n) is 2.67. The molecule has 1 heterocycles. The smallest absolute Gasteiger partial charge is 0.246 e. The second kappa shape index (κ2) is 5.14. The molecule has 0 radical (unpaired) electrons. The van der Waals surface area contributed by atoms with Crippen LogP contribution in [0.2, 0.25) is 0 Å². The number of nitrogens with one attached hydrogen (secondary N) is 1. The van der Waals surface area contributed by atoms with Gasteiger partial charge in [-0.2, -0.15) is 0 Å². The summed E-state index contributed by atoms with van der Waals surface area (Å²) in [5.74, 6) is 1.04. The Kier molecular flexibility index (Phi) is 3.88. The molecule has 0 spiro atoms. The maximum Gasteiger partial charge on any atom is 0.246 e. The van der Waals surface area contributed by atoms with E-state index in [1.54, 1.807) is 4.90 Å². The van der Waals surface area contributed by atoms with Crippen molar-refractivity contribution in [3.63, 3.8) is 0 Å². The SMILES string of the molecule is CCC(C)C1NC(=O)C(C)(C)N(CCC2CC2)C1=O. The third-order valence-electron chi connectivity index (χ3n) is 4.72. The molecule has 2 amide bonds. The van der Waals surface area contributed by atoms with Crippen molar-refractivity contribution >= 4 is 11.8 Å². The Morgan fingerprint density at radius 1 is 1.37 bits per heavy atom. The van der Waals surface area contributed by atoms with E-state index >= 15 is 0 Å². The van der Waals surface area contributed by atoms with E-state index in [1.165, 1.54) is 12.8 Å². The van der Waals surface area contributed by atoms with Gasteiger partial charge in [0.15, 0.2) is 0 Å². The van der Waals surface area contributed by atoms with Crippen LogP contribution in [0, 0.1) is 11.8 Å². The number of nitrogens with zero attached hydrogens (tertiary/aromatic N) is 1. The van der Waals surface area contributed by atoms with Crippen LogP contribution in [-0.2, 0) is 9.59 Å². The zero-order valence-electron chi connectivity index (χ0n) is 12.5. The van der Waals surface area contributed by atoms with Crippen molar-refractivity contribution in [1.29, 1.82) is 0 Å². The summed E-state index contributed by atoms with van der Waals surface area (Å²) in [6.07, 6.45) is 4.50. The Balaban J connectivity index is 2.13. The number of amides is 2. The van der Waals surface area contributed by atoms with Gasteiger partial charge >= 0.3 is 0 Å². The van der Waals surface area contributed by atoms with Gasteiger partial charge in [-0.25, -0.2) is 0 Å². The highest BCUT2D eigenvalue weighted by Crippen LogP contribution is 2.34. The van der Waals surface area contributed by atoms with Crippen molar-refractivity contribution in [2.75, 3.05) is 6.54 Å². The van der Waals surface area contributed by atoms with Crippen molar-refractivity contribution in [3.8, 4) is 0 Å². The molecule has 0 aromatic rings. The maximum absolute atomic E-state index is 12.6. The molecule has 1 aliphatic carbocycles. The van der Waals surface area contributed by atoms with Crippen LogP contribution in [-0.4, -0.2) is 34.8 Å². The monoisotopic (exact) mass is 266 g/mol. The Morgan fingerprint density at radius 2 is 2.00 bits per heavy atom. The van der Waals surface area contributed by atoms with Crippen LogP contribution < -0.4 is 5.32 Å². The van der Waals surface area contributed by atoms with Gasteiger partial charge in [0.1, 0.15) is 11.6 Å². The summed E-state index contributed by atoms with van der Waals surface area (Å²) in [6, 6.07) is -0.343. The Hall–Kier alpha value is -1.06. The quantitative estimate of drug-likeness (QED) is 0.826. The van der Waals surface area contributed by atoms with Gasteiger partial charge in [-0.1, -0.05) is 33.1 Å². The lowest BCUT2D eigenvalue weighted by molar-refractivity contribution is -0.156. The number of piperazine rings is 1. The first-order valence-electron chi connectivity index (χ1n) is 7.50. The van der Waals surface area contributed by atoms with Crippen molar-refractivity contribution in [3.05, 3.63) is 0 Å². The summed E-state index contributed by atoms with van der Waals surface area (Å²) in [5.41, 5.74) is -0.712. The molecule has 108 valence electrons. The van der Waals surface area contributed by atoms with Crippen LogP contribution in [0.3, 0.4) is 0 Å². The third-order valence-corrected chi connectivity index (χ3v) is 4.72. The van der Waals surface area contributed by atoms with Gasteiger partial charge in [0.25, 0.3) is 0 Å². The van der Waals surface area contributed by atoms with E-state index in [0.717, 1.165) is 25.3 Å². The molecule has 2 atom stereocenters. The van der Waals surface area contributed by atoms with Crippen LogP contribution in [0.4, 0.5) is 0 Å². The minimum Gasteiger partial charge on any atom is -0.342 e. The molecular formula is C15H26N2O2. The first-order chi connectivity index (χ1) is 8.87. The van der Waals surface area contributed by atoms with Crippen LogP contribution in [0.25, 0.3) is 0 Å². The van der Waals surface area contributed by atoms with Crippen molar-refractivity contribution < 1.29 is 9.59 Å². The van der Waals surface area contributed by atoms with E-state index in [-0.39, 0.29) is 23.8 Å². The Labute approximate surface area is 115 Å². The summed E-state index contributed by atoms with van der Waals surface area (Å²) in [6.45, 7) is 8.50. The molecule has 1 aliphatic heterocycles. The van der Waals surface area contributed by atoms with Crippen molar-refractivity contribution in [2.45, 2.75) is 65.0 Å². The fourth-order valence-corrected chi connectivity index (χ4v) is 2.67. The van der Waals surface area contributed by atoms with E-state index < -0.39 is 5.54 Å². The number of rotatable bonds is 5. The zero-order chi connectivity index (χ0) is 14.2. The third kappa shape index (κ3) is 2.77. The predicted octanol–water partition coefficient (Wildman–Crippen LogP) is 1.94. The van der Waals surface area contributed by atoms with Crippen LogP contribution in [0.5, 0.6) is 0 Å². The Morgan fingerprint density at radius 3 is 2.53 bits per heavy atom. The first kappa shape index (κ1) is 14.4.